The molecule has 1 aromatic carbocycles. The van der Waals surface area contributed by atoms with Crippen LogP contribution in [-0.2, 0) is 16.1 Å². The molecule has 0 aliphatic rings. The number of ether oxygens (including phenoxy) is 1. The molecule has 0 N–H and O–H groups in total. The van der Waals surface area contributed by atoms with E-state index in [0.717, 1.165) is 18.4 Å². The average Bonchev–Trinajstić information content (AvgIpc) is 2.84. The van der Waals surface area contributed by atoms with Crippen molar-refractivity contribution in [3.05, 3.63) is 35.9 Å². The van der Waals surface area contributed by atoms with Gasteiger partial charge in [0.15, 0.2) is 0 Å². The first-order valence-corrected chi connectivity index (χ1v) is 14.5. The van der Waals surface area contributed by atoms with E-state index in [9.17, 15) is 4.79 Å². The van der Waals surface area contributed by atoms with Gasteiger partial charge in [0.1, 0.15) is 6.61 Å². The Balaban J connectivity index is 1.70. The Labute approximate surface area is 206 Å². The largest absolute Gasteiger partial charge is 0.461 e. The van der Waals surface area contributed by atoms with Gasteiger partial charge in [-0.05, 0) is 12.0 Å². The molecular weight excluding hydrogens is 404 g/mol. The van der Waals surface area contributed by atoms with Crippen LogP contribution in [0.1, 0.15) is 154 Å². The molecule has 0 unspecified atom stereocenters. The van der Waals surface area contributed by atoms with Crippen molar-refractivity contribution in [1.29, 1.82) is 0 Å². The molecule has 33 heavy (non-hydrogen) atoms. The minimum Gasteiger partial charge on any atom is -0.461 e. The lowest BCUT2D eigenvalue weighted by atomic mass is 10.0. The fraction of sp³-hybridized carbons (Fsp3) is 0.774. The van der Waals surface area contributed by atoms with Gasteiger partial charge < -0.3 is 4.74 Å². The van der Waals surface area contributed by atoms with E-state index in [1.807, 2.05) is 30.3 Å². The van der Waals surface area contributed by atoms with E-state index in [1.165, 1.54) is 122 Å². The van der Waals surface area contributed by atoms with E-state index in [2.05, 4.69) is 6.92 Å². The summed E-state index contributed by atoms with van der Waals surface area (Å²) in [6.07, 6.45) is 29.6. The lowest BCUT2D eigenvalue weighted by Gasteiger charge is -2.05. The number of rotatable bonds is 24. The van der Waals surface area contributed by atoms with Crippen molar-refractivity contribution in [1.82, 2.24) is 0 Å². The zero-order chi connectivity index (χ0) is 23.7. The Morgan fingerprint density at radius 1 is 0.545 bits per heavy atom. The maximum Gasteiger partial charge on any atom is 0.306 e. The third-order valence-electron chi connectivity index (χ3n) is 6.73. The molecule has 0 bridgehead atoms. The van der Waals surface area contributed by atoms with E-state index in [0.29, 0.717) is 13.0 Å². The molecule has 0 aromatic heterocycles. The van der Waals surface area contributed by atoms with Gasteiger partial charge in [0, 0.05) is 6.42 Å². The number of carbonyl (C=O) groups excluding carboxylic acids is 1. The second kappa shape index (κ2) is 23.8. The Kier molecular flexibility index (Phi) is 21.5. The molecule has 0 aliphatic heterocycles. The van der Waals surface area contributed by atoms with Crippen LogP contribution in [-0.4, -0.2) is 5.97 Å². The van der Waals surface area contributed by atoms with Gasteiger partial charge in [-0.1, -0.05) is 166 Å². The van der Waals surface area contributed by atoms with Gasteiger partial charge in [-0.2, -0.15) is 0 Å². The van der Waals surface area contributed by atoms with Gasteiger partial charge in [-0.3, -0.25) is 4.79 Å². The summed E-state index contributed by atoms with van der Waals surface area (Å²) < 4.78 is 5.33. The molecule has 0 saturated carbocycles. The number of benzene rings is 1. The van der Waals surface area contributed by atoms with Gasteiger partial charge >= 0.3 is 5.97 Å². The zero-order valence-electron chi connectivity index (χ0n) is 22.0. The molecule has 0 amide bonds. The summed E-state index contributed by atoms with van der Waals surface area (Å²) in [5, 5.41) is 0. The minimum absolute atomic E-state index is 0.0587. The molecule has 2 heteroatoms. The molecule has 1 rings (SSSR count). The van der Waals surface area contributed by atoms with Crippen molar-refractivity contribution in [3.8, 4) is 0 Å². The van der Waals surface area contributed by atoms with Gasteiger partial charge in [0.05, 0.1) is 0 Å². The second-order valence-electron chi connectivity index (χ2n) is 9.97. The summed E-state index contributed by atoms with van der Waals surface area (Å²) in [7, 11) is 0. The lowest BCUT2D eigenvalue weighted by Crippen LogP contribution is -2.04. The summed E-state index contributed by atoms with van der Waals surface area (Å²) in [4.78, 5) is 11.8. The van der Waals surface area contributed by atoms with Crippen LogP contribution in [0.15, 0.2) is 30.3 Å². The van der Waals surface area contributed by atoms with Crippen molar-refractivity contribution >= 4 is 5.97 Å². The van der Waals surface area contributed by atoms with E-state index in [-0.39, 0.29) is 5.97 Å². The topological polar surface area (TPSA) is 26.3 Å². The first-order chi connectivity index (χ1) is 16.3. The van der Waals surface area contributed by atoms with Crippen LogP contribution in [0.5, 0.6) is 0 Å². The molecule has 0 heterocycles. The summed E-state index contributed by atoms with van der Waals surface area (Å²) in [5.74, 6) is -0.0587. The molecule has 1 aromatic rings. The van der Waals surface area contributed by atoms with Gasteiger partial charge in [0.25, 0.3) is 0 Å². The number of hydrogen-bond donors (Lipinski definition) is 0. The van der Waals surface area contributed by atoms with Crippen LogP contribution in [0.25, 0.3) is 0 Å². The van der Waals surface area contributed by atoms with Crippen LogP contribution in [0, 0.1) is 0 Å². The molecule has 0 saturated heterocycles. The van der Waals surface area contributed by atoms with Gasteiger partial charge in [0.2, 0.25) is 0 Å². The second-order valence-corrected chi connectivity index (χ2v) is 9.97. The highest BCUT2D eigenvalue weighted by atomic mass is 16.5. The quantitative estimate of drug-likeness (QED) is 0.114. The Hall–Kier alpha value is -1.31. The van der Waals surface area contributed by atoms with Crippen molar-refractivity contribution < 1.29 is 9.53 Å². The summed E-state index contributed by atoms with van der Waals surface area (Å²) in [6.45, 7) is 2.69. The third kappa shape index (κ3) is 21.0. The number of hydrogen-bond acceptors (Lipinski definition) is 2. The van der Waals surface area contributed by atoms with Crippen LogP contribution in [0.4, 0.5) is 0 Å². The molecule has 0 aliphatic carbocycles. The summed E-state index contributed by atoms with van der Waals surface area (Å²) in [5.41, 5.74) is 1.06. The van der Waals surface area contributed by atoms with Crippen LogP contribution in [0.2, 0.25) is 0 Å². The van der Waals surface area contributed by atoms with E-state index >= 15 is 0 Å². The minimum atomic E-state index is -0.0587. The Bertz CT molecular complexity index is 525. The number of unbranched alkanes of at least 4 members (excludes halogenated alkanes) is 20. The SMILES string of the molecule is CCCCCCCCCCCCCCCCCCCCCCCC(=O)OCc1ccccc1. The highest BCUT2D eigenvalue weighted by Crippen LogP contribution is 2.15. The van der Waals surface area contributed by atoms with Crippen LogP contribution >= 0.6 is 0 Å². The average molecular weight is 459 g/mol. The van der Waals surface area contributed by atoms with E-state index in [1.54, 1.807) is 0 Å². The standard InChI is InChI=1S/C31H54O2/c1-2-3-4-5-6-7-8-9-10-11-12-13-14-15-16-17-18-19-20-21-25-28-31(32)33-29-30-26-23-22-24-27-30/h22-24,26-27H,2-21,25,28-29H2,1H3. The Morgan fingerprint density at radius 2 is 0.909 bits per heavy atom. The molecule has 2 nitrogen and oxygen atoms in total. The fourth-order valence-electron chi connectivity index (χ4n) is 4.51. The predicted molar refractivity (Wildman–Crippen MR) is 143 cm³/mol. The predicted octanol–water partition coefficient (Wildman–Crippen LogP) is 10.3. The van der Waals surface area contributed by atoms with E-state index in [4.69, 9.17) is 4.74 Å². The van der Waals surface area contributed by atoms with E-state index < -0.39 is 0 Å². The molecule has 0 radical (unpaired) electrons. The molecule has 0 fully saturated rings. The monoisotopic (exact) mass is 458 g/mol. The fourth-order valence-corrected chi connectivity index (χ4v) is 4.51. The zero-order valence-corrected chi connectivity index (χ0v) is 22.0. The van der Waals surface area contributed by atoms with Crippen molar-refractivity contribution in [2.24, 2.45) is 0 Å². The van der Waals surface area contributed by atoms with Gasteiger partial charge in [-0.25, -0.2) is 0 Å². The van der Waals surface area contributed by atoms with Crippen molar-refractivity contribution in [2.45, 2.75) is 155 Å². The molecule has 0 atom stereocenters. The summed E-state index contributed by atoms with van der Waals surface area (Å²) >= 11 is 0. The van der Waals surface area contributed by atoms with Crippen LogP contribution in [0.3, 0.4) is 0 Å². The third-order valence-corrected chi connectivity index (χ3v) is 6.73. The molecule has 190 valence electrons. The molecule has 0 spiro atoms. The maximum atomic E-state index is 11.8. The smallest absolute Gasteiger partial charge is 0.306 e. The van der Waals surface area contributed by atoms with Crippen LogP contribution < -0.4 is 0 Å². The highest BCUT2D eigenvalue weighted by Gasteiger charge is 2.03. The first kappa shape index (κ1) is 29.7. The maximum absolute atomic E-state index is 11.8. The number of esters is 1. The molecular formula is C31H54O2. The van der Waals surface area contributed by atoms with Crippen molar-refractivity contribution in [2.75, 3.05) is 0 Å². The summed E-state index contributed by atoms with van der Waals surface area (Å²) in [6, 6.07) is 9.91. The first-order valence-electron chi connectivity index (χ1n) is 14.5. The Morgan fingerprint density at radius 3 is 1.30 bits per heavy atom. The number of carbonyl (C=O) groups is 1. The van der Waals surface area contributed by atoms with Crippen molar-refractivity contribution in [3.63, 3.8) is 0 Å². The van der Waals surface area contributed by atoms with Gasteiger partial charge in [-0.15, -0.1) is 0 Å². The normalized spacial score (nSPS) is 11.1. The lowest BCUT2D eigenvalue weighted by molar-refractivity contribution is -0.145. The highest BCUT2D eigenvalue weighted by molar-refractivity contribution is 5.69.